The van der Waals surface area contributed by atoms with Gasteiger partial charge in [0, 0.05) is 37.2 Å². The number of aromatic nitrogens is 1. The topological polar surface area (TPSA) is 36.4 Å². The van der Waals surface area contributed by atoms with Gasteiger partial charge in [0.2, 0.25) is 5.91 Å². The zero-order valence-electron chi connectivity index (χ0n) is 14.3. The monoisotopic (exact) mass is 429 g/mol. The molecule has 0 radical (unpaired) electrons. The van der Waals surface area contributed by atoms with E-state index >= 15 is 0 Å². The summed E-state index contributed by atoms with van der Waals surface area (Å²) in [6, 6.07) is 9.58. The lowest BCUT2D eigenvalue weighted by Crippen LogP contribution is -2.64. The van der Waals surface area contributed by atoms with Crippen LogP contribution in [0.2, 0.25) is 0 Å². The zero-order chi connectivity index (χ0) is 18.9. The van der Waals surface area contributed by atoms with E-state index in [9.17, 15) is 13.6 Å². The normalized spacial score (nSPS) is 17.6. The molecule has 4 nitrogen and oxygen atoms in total. The van der Waals surface area contributed by atoms with Gasteiger partial charge in [-0.2, -0.15) is 0 Å². The van der Waals surface area contributed by atoms with E-state index in [2.05, 4.69) is 20.9 Å². The molecule has 5 rings (SSSR count). The first kappa shape index (κ1) is 16.6. The second kappa shape index (κ2) is 5.48. The van der Waals surface area contributed by atoms with Crippen LogP contribution in [0.1, 0.15) is 5.56 Å². The first-order valence-corrected chi connectivity index (χ1v) is 9.27. The van der Waals surface area contributed by atoms with E-state index in [4.69, 9.17) is 0 Å². The van der Waals surface area contributed by atoms with Crippen LogP contribution in [0.4, 0.5) is 20.2 Å². The molecule has 1 spiro atoms. The maximum atomic E-state index is 14.2. The minimum Gasteiger partial charge on any atom is -0.366 e. The number of rotatable bonds is 1. The molecule has 0 saturated carbocycles. The number of anilines is 2. The molecule has 0 atom stereocenters. The lowest BCUT2D eigenvalue weighted by atomic mass is 9.73. The van der Waals surface area contributed by atoms with Crippen LogP contribution in [0.25, 0.3) is 10.9 Å². The predicted octanol–water partition coefficient (Wildman–Crippen LogP) is 4.01. The summed E-state index contributed by atoms with van der Waals surface area (Å²) in [5.74, 6) is -0.751. The number of carbonyl (C=O) groups is 1. The highest BCUT2D eigenvalue weighted by Crippen LogP contribution is 2.50. The number of fused-ring (bicyclic) bond motifs is 4. The van der Waals surface area contributed by atoms with Crippen molar-refractivity contribution in [3.05, 3.63) is 64.3 Å². The fourth-order valence-electron chi connectivity index (χ4n) is 4.25. The number of halogens is 3. The van der Waals surface area contributed by atoms with Gasteiger partial charge in [0.15, 0.2) is 0 Å². The molecule has 3 heterocycles. The molecule has 1 aromatic heterocycles. The highest BCUT2D eigenvalue weighted by atomic mass is 79.9. The summed E-state index contributed by atoms with van der Waals surface area (Å²) in [7, 11) is 1.72. The molecule has 27 heavy (non-hydrogen) atoms. The summed E-state index contributed by atoms with van der Waals surface area (Å²) in [6.45, 7) is 0.746. The summed E-state index contributed by atoms with van der Waals surface area (Å²) in [5, 5.41) is 0.742. The average Bonchev–Trinajstić information content (AvgIpc) is 2.84. The molecule has 2 aromatic carbocycles. The van der Waals surface area contributed by atoms with Crippen LogP contribution in [-0.2, 0) is 10.2 Å². The van der Waals surface area contributed by atoms with Gasteiger partial charge in [-0.05, 0) is 34.1 Å². The fraction of sp³-hybridized carbons (Fsp3) is 0.200. The maximum Gasteiger partial charge on any atom is 0.241 e. The van der Waals surface area contributed by atoms with Crippen molar-refractivity contribution in [1.29, 1.82) is 0 Å². The quantitative estimate of drug-likeness (QED) is 0.586. The minimum absolute atomic E-state index is 0.0418. The van der Waals surface area contributed by atoms with Gasteiger partial charge in [-0.3, -0.25) is 9.78 Å². The van der Waals surface area contributed by atoms with E-state index in [1.54, 1.807) is 42.4 Å². The number of carbonyl (C=O) groups excluding carboxylic acids is 1. The van der Waals surface area contributed by atoms with Crippen molar-refractivity contribution in [2.75, 3.05) is 29.9 Å². The largest absolute Gasteiger partial charge is 0.366 e. The van der Waals surface area contributed by atoms with E-state index in [1.807, 2.05) is 4.90 Å². The Morgan fingerprint density at radius 2 is 1.85 bits per heavy atom. The van der Waals surface area contributed by atoms with E-state index in [1.165, 1.54) is 12.1 Å². The third-order valence-corrected chi connectivity index (χ3v) is 6.17. The molecule has 0 bridgehead atoms. The van der Waals surface area contributed by atoms with Gasteiger partial charge >= 0.3 is 0 Å². The third kappa shape index (κ3) is 2.12. The lowest BCUT2D eigenvalue weighted by Gasteiger charge is -2.48. The van der Waals surface area contributed by atoms with E-state index < -0.39 is 11.2 Å². The van der Waals surface area contributed by atoms with Crippen molar-refractivity contribution < 1.29 is 13.6 Å². The van der Waals surface area contributed by atoms with Crippen molar-refractivity contribution in [3.8, 4) is 0 Å². The van der Waals surface area contributed by atoms with Crippen molar-refractivity contribution in [3.63, 3.8) is 0 Å². The van der Waals surface area contributed by atoms with Crippen LogP contribution in [-0.4, -0.2) is 31.0 Å². The highest BCUT2D eigenvalue weighted by molar-refractivity contribution is 9.10. The molecule has 7 heteroatoms. The van der Waals surface area contributed by atoms with Gasteiger partial charge in [-0.1, -0.05) is 12.1 Å². The van der Waals surface area contributed by atoms with Crippen LogP contribution in [0.5, 0.6) is 0 Å². The Hall–Kier alpha value is -2.54. The van der Waals surface area contributed by atoms with Gasteiger partial charge < -0.3 is 9.80 Å². The number of benzene rings is 2. The molecule has 1 fully saturated rings. The smallest absolute Gasteiger partial charge is 0.241 e. The molecular weight excluding hydrogens is 416 g/mol. The van der Waals surface area contributed by atoms with Crippen molar-refractivity contribution in [1.82, 2.24) is 4.98 Å². The van der Waals surface area contributed by atoms with Crippen molar-refractivity contribution >= 4 is 44.1 Å². The molecule has 0 N–H and O–H groups in total. The Morgan fingerprint density at radius 1 is 1.11 bits per heavy atom. The minimum atomic E-state index is -0.773. The van der Waals surface area contributed by atoms with Crippen molar-refractivity contribution in [2.45, 2.75) is 5.41 Å². The first-order valence-electron chi connectivity index (χ1n) is 8.48. The van der Waals surface area contributed by atoms with E-state index in [0.29, 0.717) is 28.8 Å². The van der Waals surface area contributed by atoms with Crippen LogP contribution in [0.15, 0.2) is 47.1 Å². The standard InChI is InChI=1S/C20H14BrF2N3O/c1-25-17-8-24-15-7-14(23)12(21)6-11(15)18(17)20(19(25)27)9-26(10-20)16-5-3-2-4-13(16)22/h2-8H,9-10H2,1H3. The SMILES string of the molecule is CN1C(=O)C2(CN(c3ccccc3F)C2)c2c1cnc1cc(F)c(Br)cc21. The number of para-hydroxylation sites is 1. The summed E-state index contributed by atoms with van der Waals surface area (Å²) in [4.78, 5) is 20.9. The molecule has 1 amide bonds. The van der Waals surface area contributed by atoms with Gasteiger partial charge in [-0.25, -0.2) is 8.78 Å². The van der Waals surface area contributed by atoms with Crippen LogP contribution in [0, 0.1) is 11.6 Å². The predicted molar refractivity (Wildman–Crippen MR) is 103 cm³/mol. The number of likely N-dealkylation sites (N-methyl/N-ethyl adjacent to an activating group) is 1. The molecule has 0 unspecified atom stereocenters. The van der Waals surface area contributed by atoms with E-state index in [-0.39, 0.29) is 11.7 Å². The number of nitrogens with zero attached hydrogens (tertiary/aromatic N) is 3. The Kier molecular flexibility index (Phi) is 3.37. The number of amides is 1. The molecule has 0 aliphatic carbocycles. The number of hydrogen-bond donors (Lipinski definition) is 0. The summed E-state index contributed by atoms with van der Waals surface area (Å²) in [5.41, 5.74) is 1.77. The molecule has 2 aliphatic heterocycles. The van der Waals surface area contributed by atoms with Gasteiger partial charge in [0.1, 0.15) is 17.0 Å². The second-order valence-electron chi connectivity index (χ2n) is 7.06. The second-order valence-corrected chi connectivity index (χ2v) is 7.91. The highest BCUT2D eigenvalue weighted by Gasteiger charge is 2.58. The summed E-state index contributed by atoms with van der Waals surface area (Å²) in [6.07, 6.45) is 1.61. The molecular formula is C20H14BrF2N3O. The van der Waals surface area contributed by atoms with E-state index in [0.717, 1.165) is 16.6 Å². The number of hydrogen-bond acceptors (Lipinski definition) is 3. The Morgan fingerprint density at radius 3 is 2.59 bits per heavy atom. The Labute approximate surface area is 162 Å². The summed E-state index contributed by atoms with van der Waals surface area (Å²) >= 11 is 3.23. The maximum absolute atomic E-state index is 14.2. The molecule has 136 valence electrons. The van der Waals surface area contributed by atoms with Crippen molar-refractivity contribution in [2.24, 2.45) is 0 Å². The third-order valence-electron chi connectivity index (χ3n) is 5.56. The number of pyridine rings is 1. The zero-order valence-corrected chi connectivity index (χ0v) is 15.9. The first-order chi connectivity index (χ1) is 12.9. The lowest BCUT2D eigenvalue weighted by molar-refractivity contribution is -0.123. The van der Waals surface area contributed by atoms with Gasteiger partial charge in [0.05, 0.1) is 27.6 Å². The molecule has 2 aliphatic rings. The van der Waals surface area contributed by atoms with Crippen LogP contribution < -0.4 is 9.80 Å². The Bertz CT molecular complexity index is 1130. The van der Waals surface area contributed by atoms with Gasteiger partial charge in [0.25, 0.3) is 0 Å². The average molecular weight is 430 g/mol. The van der Waals surface area contributed by atoms with Gasteiger partial charge in [-0.15, -0.1) is 0 Å². The molecule has 1 saturated heterocycles. The Balaban J connectivity index is 1.67. The van der Waals surface area contributed by atoms with Crippen LogP contribution >= 0.6 is 15.9 Å². The van der Waals surface area contributed by atoms with Crippen LogP contribution in [0.3, 0.4) is 0 Å². The summed E-state index contributed by atoms with van der Waals surface area (Å²) < 4.78 is 28.4. The fourth-order valence-corrected chi connectivity index (χ4v) is 4.59. The molecule has 3 aromatic rings.